The van der Waals surface area contributed by atoms with Crippen molar-refractivity contribution in [2.75, 3.05) is 19.6 Å². The van der Waals surface area contributed by atoms with Crippen LogP contribution in [0.15, 0.2) is 22.7 Å². The maximum atomic E-state index is 13.5. The molecule has 0 atom stereocenters. The van der Waals surface area contributed by atoms with Crippen LogP contribution in [0.3, 0.4) is 0 Å². The highest BCUT2D eigenvalue weighted by molar-refractivity contribution is 9.10. The van der Waals surface area contributed by atoms with Gasteiger partial charge in [-0.05, 0) is 56.1 Å². The summed E-state index contributed by atoms with van der Waals surface area (Å²) in [5, 5.41) is 3.77. The van der Waals surface area contributed by atoms with Crippen molar-refractivity contribution in [2.24, 2.45) is 0 Å². The second kappa shape index (κ2) is 6.12. The first-order valence-corrected chi connectivity index (χ1v) is 8.37. The average molecular weight is 341 g/mol. The van der Waals surface area contributed by atoms with Crippen LogP contribution in [0, 0.1) is 5.82 Å². The molecular weight excluding hydrogens is 319 g/mol. The van der Waals surface area contributed by atoms with Crippen LogP contribution < -0.4 is 5.32 Å². The quantitative estimate of drug-likeness (QED) is 0.883. The molecule has 20 heavy (non-hydrogen) atoms. The molecule has 0 radical (unpaired) electrons. The zero-order valence-corrected chi connectivity index (χ0v) is 13.4. The maximum absolute atomic E-state index is 13.5. The fourth-order valence-corrected chi connectivity index (χ4v) is 4.21. The lowest BCUT2D eigenvalue weighted by atomic mass is 9.97. The van der Waals surface area contributed by atoms with Gasteiger partial charge in [0.05, 0.1) is 0 Å². The number of hydrogen-bond acceptors (Lipinski definition) is 2. The summed E-state index contributed by atoms with van der Waals surface area (Å²) in [6.07, 6.45) is 6.43. The molecule has 1 saturated carbocycles. The summed E-state index contributed by atoms with van der Waals surface area (Å²) < 4.78 is 14.3. The molecule has 2 aliphatic rings. The summed E-state index contributed by atoms with van der Waals surface area (Å²) in [6, 6.07) is 5.21. The minimum absolute atomic E-state index is 0.155. The molecule has 110 valence electrons. The molecule has 2 fully saturated rings. The largest absolute Gasteiger partial charge is 0.310 e. The minimum atomic E-state index is -0.155. The fraction of sp³-hybridized carbons (Fsp3) is 0.625. The number of rotatable bonds is 2. The second-order valence-electron chi connectivity index (χ2n) is 6.26. The van der Waals surface area contributed by atoms with Gasteiger partial charge in [0, 0.05) is 23.1 Å². The lowest BCUT2D eigenvalue weighted by molar-refractivity contribution is 0.203. The van der Waals surface area contributed by atoms with E-state index in [0.29, 0.717) is 5.54 Å². The van der Waals surface area contributed by atoms with E-state index in [4.69, 9.17) is 0 Å². The number of hydrogen-bond donors (Lipinski definition) is 1. The second-order valence-corrected chi connectivity index (χ2v) is 7.17. The van der Waals surface area contributed by atoms with Crippen LogP contribution in [0.1, 0.15) is 37.7 Å². The maximum Gasteiger partial charge on any atom is 0.124 e. The van der Waals surface area contributed by atoms with E-state index >= 15 is 0 Å². The third kappa shape index (κ3) is 3.41. The normalized spacial score (nSPS) is 23.1. The Morgan fingerprint density at radius 3 is 2.75 bits per heavy atom. The Bertz CT molecular complexity index is 451. The third-order valence-electron chi connectivity index (χ3n) is 4.57. The Morgan fingerprint density at radius 2 is 2.00 bits per heavy atom. The van der Waals surface area contributed by atoms with Gasteiger partial charge in [0.15, 0.2) is 0 Å². The van der Waals surface area contributed by atoms with Crippen LogP contribution in [0.25, 0.3) is 0 Å². The summed E-state index contributed by atoms with van der Waals surface area (Å²) in [5.74, 6) is -0.155. The fourth-order valence-electron chi connectivity index (χ4n) is 3.70. The lowest BCUT2D eigenvalue weighted by Gasteiger charge is -2.33. The molecule has 0 amide bonds. The Morgan fingerprint density at radius 1 is 1.20 bits per heavy atom. The summed E-state index contributed by atoms with van der Waals surface area (Å²) in [5.41, 5.74) is 1.38. The van der Waals surface area contributed by atoms with Crippen LogP contribution >= 0.6 is 15.9 Å². The van der Waals surface area contributed by atoms with Gasteiger partial charge in [-0.2, -0.15) is 0 Å². The molecule has 1 aromatic rings. The summed E-state index contributed by atoms with van der Waals surface area (Å²) in [7, 11) is 0. The van der Waals surface area contributed by atoms with Gasteiger partial charge in [0.25, 0.3) is 0 Å². The van der Waals surface area contributed by atoms with Crippen molar-refractivity contribution >= 4 is 15.9 Å². The summed E-state index contributed by atoms with van der Waals surface area (Å²) in [4.78, 5) is 2.49. The van der Waals surface area contributed by atoms with Crippen LogP contribution in [-0.2, 0) is 6.54 Å². The summed E-state index contributed by atoms with van der Waals surface area (Å²) >= 11 is 3.38. The predicted octanol–water partition coefficient (Wildman–Crippen LogP) is 3.70. The Labute approximate surface area is 128 Å². The van der Waals surface area contributed by atoms with E-state index in [1.54, 1.807) is 6.07 Å². The third-order valence-corrected chi connectivity index (χ3v) is 5.02. The molecule has 1 saturated heterocycles. The van der Waals surface area contributed by atoms with Crippen LogP contribution in [-0.4, -0.2) is 30.1 Å². The van der Waals surface area contributed by atoms with E-state index in [-0.39, 0.29) is 5.82 Å². The molecule has 1 aliphatic carbocycles. The van der Waals surface area contributed by atoms with E-state index in [9.17, 15) is 4.39 Å². The molecule has 0 unspecified atom stereocenters. The van der Waals surface area contributed by atoms with Crippen LogP contribution in [0.2, 0.25) is 0 Å². The molecule has 1 N–H and O–H groups in total. The molecule has 4 heteroatoms. The zero-order valence-electron chi connectivity index (χ0n) is 11.8. The highest BCUT2D eigenvalue weighted by atomic mass is 79.9. The number of nitrogens with zero attached hydrogens (tertiary/aromatic N) is 1. The van der Waals surface area contributed by atoms with Crippen molar-refractivity contribution < 1.29 is 4.39 Å². The topological polar surface area (TPSA) is 15.3 Å². The zero-order chi connectivity index (χ0) is 14.0. The van der Waals surface area contributed by atoms with Crippen LogP contribution in [0.4, 0.5) is 4.39 Å². The van der Waals surface area contributed by atoms with E-state index in [1.807, 2.05) is 6.07 Å². The average Bonchev–Trinajstić information content (AvgIpc) is 2.72. The number of nitrogens with one attached hydrogen (secondary N) is 1. The first-order chi connectivity index (χ1) is 9.65. The molecule has 0 aromatic heterocycles. The van der Waals surface area contributed by atoms with Gasteiger partial charge in [-0.3, -0.25) is 4.90 Å². The first-order valence-electron chi connectivity index (χ1n) is 7.58. The molecule has 2 nitrogen and oxygen atoms in total. The predicted molar refractivity (Wildman–Crippen MR) is 83.2 cm³/mol. The summed E-state index contributed by atoms with van der Waals surface area (Å²) in [6.45, 7) is 4.16. The minimum Gasteiger partial charge on any atom is -0.310 e. The van der Waals surface area contributed by atoms with Gasteiger partial charge in [-0.15, -0.1) is 0 Å². The first kappa shape index (κ1) is 14.5. The van der Waals surface area contributed by atoms with E-state index in [2.05, 4.69) is 26.1 Å². The van der Waals surface area contributed by atoms with Crippen molar-refractivity contribution in [1.82, 2.24) is 10.2 Å². The molecule has 1 spiro atoms. The van der Waals surface area contributed by atoms with Gasteiger partial charge < -0.3 is 5.32 Å². The molecule has 1 aliphatic heterocycles. The van der Waals surface area contributed by atoms with Gasteiger partial charge in [-0.25, -0.2) is 4.39 Å². The van der Waals surface area contributed by atoms with Gasteiger partial charge in [0.1, 0.15) is 5.82 Å². The monoisotopic (exact) mass is 340 g/mol. The highest BCUT2D eigenvalue weighted by Crippen LogP contribution is 2.32. The van der Waals surface area contributed by atoms with Gasteiger partial charge in [-0.1, -0.05) is 28.8 Å². The smallest absolute Gasteiger partial charge is 0.124 e. The molecular formula is C16H22BrFN2. The Kier molecular flexibility index (Phi) is 4.43. The number of halogens is 2. The Hall–Kier alpha value is -0.450. The number of benzene rings is 1. The van der Waals surface area contributed by atoms with Gasteiger partial charge >= 0.3 is 0 Å². The van der Waals surface area contributed by atoms with E-state index in [1.165, 1.54) is 38.2 Å². The molecule has 0 bridgehead atoms. The standard InChI is InChI=1S/C16H22BrFN2/c17-14-8-13(9-15(18)10-14)11-20-7-3-6-19-16(12-20)4-1-2-5-16/h8-10,19H,1-7,11-12H2. The molecule has 3 rings (SSSR count). The SMILES string of the molecule is Fc1cc(Br)cc(CN2CCCNC3(CCCC3)C2)c1. The van der Waals surface area contributed by atoms with Crippen molar-refractivity contribution in [3.05, 3.63) is 34.1 Å². The van der Waals surface area contributed by atoms with Crippen molar-refractivity contribution in [1.29, 1.82) is 0 Å². The molecule has 1 heterocycles. The van der Waals surface area contributed by atoms with Crippen molar-refractivity contribution in [3.8, 4) is 0 Å². The van der Waals surface area contributed by atoms with Gasteiger partial charge in [0.2, 0.25) is 0 Å². The van der Waals surface area contributed by atoms with Crippen molar-refractivity contribution in [3.63, 3.8) is 0 Å². The molecule has 1 aromatic carbocycles. The van der Waals surface area contributed by atoms with E-state index < -0.39 is 0 Å². The lowest BCUT2D eigenvalue weighted by Crippen LogP contribution is -2.49. The van der Waals surface area contributed by atoms with E-state index in [0.717, 1.165) is 36.2 Å². The van der Waals surface area contributed by atoms with Crippen LogP contribution in [0.5, 0.6) is 0 Å². The Balaban J connectivity index is 1.72. The van der Waals surface area contributed by atoms with Crippen molar-refractivity contribution in [2.45, 2.75) is 44.2 Å². The highest BCUT2D eigenvalue weighted by Gasteiger charge is 2.36.